The molecule has 0 bridgehead atoms. The topological polar surface area (TPSA) is 85.4 Å². The summed E-state index contributed by atoms with van der Waals surface area (Å²) in [4.78, 5) is 14.5. The zero-order valence-corrected chi connectivity index (χ0v) is 15.3. The molecule has 26 heavy (non-hydrogen) atoms. The molecule has 2 saturated heterocycles. The number of aromatic nitrogens is 3. The Balaban J connectivity index is 1.25. The van der Waals surface area contributed by atoms with E-state index in [-0.39, 0.29) is 11.5 Å². The van der Waals surface area contributed by atoms with E-state index in [4.69, 9.17) is 9.26 Å². The van der Waals surface area contributed by atoms with Crippen molar-refractivity contribution in [2.45, 2.75) is 31.9 Å². The molecule has 0 aliphatic carbocycles. The Labute approximate surface area is 152 Å². The molecule has 140 valence electrons. The fourth-order valence-electron chi connectivity index (χ4n) is 4.13. The van der Waals surface area contributed by atoms with Gasteiger partial charge in [-0.25, -0.2) is 0 Å². The van der Waals surface area contributed by atoms with Crippen molar-refractivity contribution in [2.24, 2.45) is 13.0 Å². The molecule has 8 nitrogen and oxygen atoms in total. The maximum absolute atomic E-state index is 12.2. The summed E-state index contributed by atoms with van der Waals surface area (Å²) >= 11 is 0. The third-order valence-electron chi connectivity index (χ3n) is 5.48. The van der Waals surface area contributed by atoms with E-state index in [1.807, 2.05) is 13.0 Å². The third kappa shape index (κ3) is 3.26. The molecule has 1 atom stereocenters. The standard InChI is InChI=1S/C18H25N5O3/c1-13-9-15(21-26-13)10-23-11-18(12-23)14(5-8-25-18)3-6-19-17(24)16-4-7-20-22(16)2/h4,7,9,14H,3,5-6,8,10-12H2,1-2H3,(H,19,24)/t14-/m0/s1. The van der Waals surface area contributed by atoms with Crippen LogP contribution in [0.4, 0.5) is 0 Å². The van der Waals surface area contributed by atoms with Crippen molar-refractivity contribution < 1.29 is 14.1 Å². The lowest BCUT2D eigenvalue weighted by molar-refractivity contribution is -0.137. The van der Waals surface area contributed by atoms with Crippen molar-refractivity contribution in [1.29, 1.82) is 0 Å². The molecule has 8 heteroatoms. The molecule has 4 rings (SSSR count). The van der Waals surface area contributed by atoms with Gasteiger partial charge in [-0.05, 0) is 31.7 Å². The van der Waals surface area contributed by atoms with Gasteiger partial charge in [0.05, 0.1) is 11.3 Å². The molecular weight excluding hydrogens is 334 g/mol. The molecule has 4 heterocycles. The number of carbonyl (C=O) groups is 1. The van der Waals surface area contributed by atoms with E-state index in [9.17, 15) is 4.79 Å². The maximum atomic E-state index is 12.2. The second-order valence-corrected chi connectivity index (χ2v) is 7.36. The van der Waals surface area contributed by atoms with Crippen LogP contribution in [-0.4, -0.2) is 57.6 Å². The first-order valence-electron chi connectivity index (χ1n) is 9.10. The van der Waals surface area contributed by atoms with Crippen LogP contribution in [0.1, 0.15) is 34.8 Å². The van der Waals surface area contributed by atoms with Crippen LogP contribution in [0.2, 0.25) is 0 Å². The number of carbonyl (C=O) groups excluding carboxylic acids is 1. The molecule has 1 spiro atoms. The van der Waals surface area contributed by atoms with E-state index in [1.165, 1.54) is 0 Å². The Morgan fingerprint density at radius 1 is 1.46 bits per heavy atom. The largest absolute Gasteiger partial charge is 0.372 e. The zero-order chi connectivity index (χ0) is 18.1. The monoisotopic (exact) mass is 359 g/mol. The first-order valence-corrected chi connectivity index (χ1v) is 9.10. The van der Waals surface area contributed by atoms with Gasteiger partial charge < -0.3 is 14.6 Å². The van der Waals surface area contributed by atoms with Gasteiger partial charge in [0.1, 0.15) is 11.5 Å². The number of hydrogen-bond acceptors (Lipinski definition) is 6. The van der Waals surface area contributed by atoms with E-state index in [2.05, 4.69) is 20.5 Å². The Morgan fingerprint density at radius 3 is 3.00 bits per heavy atom. The van der Waals surface area contributed by atoms with E-state index in [0.717, 1.165) is 50.5 Å². The summed E-state index contributed by atoms with van der Waals surface area (Å²) in [6, 6.07) is 3.71. The number of likely N-dealkylation sites (tertiary alicyclic amines) is 1. The minimum absolute atomic E-state index is 0.0595. The summed E-state index contributed by atoms with van der Waals surface area (Å²) in [6.45, 7) is 5.99. The van der Waals surface area contributed by atoms with Gasteiger partial charge in [0, 0.05) is 52.1 Å². The van der Waals surface area contributed by atoms with Crippen LogP contribution in [0, 0.1) is 12.8 Å². The third-order valence-corrected chi connectivity index (χ3v) is 5.48. The van der Waals surface area contributed by atoms with Crippen LogP contribution in [-0.2, 0) is 18.3 Å². The van der Waals surface area contributed by atoms with Gasteiger partial charge in [-0.15, -0.1) is 0 Å². The molecule has 1 N–H and O–H groups in total. The second kappa shape index (κ2) is 6.85. The fraction of sp³-hybridized carbons (Fsp3) is 0.611. The summed E-state index contributed by atoms with van der Waals surface area (Å²) in [7, 11) is 1.77. The Morgan fingerprint density at radius 2 is 2.31 bits per heavy atom. The first-order chi connectivity index (χ1) is 12.6. The van der Waals surface area contributed by atoms with Crippen molar-refractivity contribution in [3.05, 3.63) is 35.5 Å². The summed E-state index contributed by atoms with van der Waals surface area (Å²) in [5.74, 6) is 1.24. The number of ether oxygens (including phenoxy) is 1. The summed E-state index contributed by atoms with van der Waals surface area (Å²) in [5.41, 5.74) is 1.49. The second-order valence-electron chi connectivity index (χ2n) is 7.36. The lowest BCUT2D eigenvalue weighted by atomic mass is 9.79. The first kappa shape index (κ1) is 17.2. The highest BCUT2D eigenvalue weighted by atomic mass is 16.5. The number of amides is 1. The Hall–Kier alpha value is -2.19. The van der Waals surface area contributed by atoms with E-state index in [1.54, 1.807) is 24.0 Å². The number of aryl methyl sites for hydroxylation is 2. The molecule has 0 unspecified atom stereocenters. The zero-order valence-electron chi connectivity index (χ0n) is 15.3. The van der Waals surface area contributed by atoms with Crippen LogP contribution >= 0.6 is 0 Å². The number of nitrogens with zero attached hydrogens (tertiary/aromatic N) is 4. The van der Waals surface area contributed by atoms with Crippen molar-refractivity contribution in [1.82, 2.24) is 25.2 Å². The van der Waals surface area contributed by atoms with Crippen molar-refractivity contribution in [2.75, 3.05) is 26.2 Å². The van der Waals surface area contributed by atoms with Gasteiger partial charge in [-0.3, -0.25) is 14.4 Å². The van der Waals surface area contributed by atoms with Crippen LogP contribution in [0.5, 0.6) is 0 Å². The van der Waals surface area contributed by atoms with Gasteiger partial charge in [-0.2, -0.15) is 5.10 Å². The van der Waals surface area contributed by atoms with Crippen LogP contribution < -0.4 is 5.32 Å². The quantitative estimate of drug-likeness (QED) is 0.832. The predicted octanol–water partition coefficient (Wildman–Crippen LogP) is 1.13. The highest BCUT2D eigenvalue weighted by Gasteiger charge is 2.52. The van der Waals surface area contributed by atoms with Crippen LogP contribution in [0.15, 0.2) is 22.9 Å². The maximum Gasteiger partial charge on any atom is 0.269 e. The molecule has 2 aromatic heterocycles. The molecular formula is C18H25N5O3. The Bertz CT molecular complexity index is 777. The Kier molecular flexibility index (Phi) is 4.54. The number of nitrogens with one attached hydrogen (secondary N) is 1. The van der Waals surface area contributed by atoms with Gasteiger partial charge in [-0.1, -0.05) is 5.16 Å². The average molecular weight is 359 g/mol. The van der Waals surface area contributed by atoms with Crippen LogP contribution in [0.25, 0.3) is 0 Å². The summed E-state index contributed by atoms with van der Waals surface area (Å²) in [5, 5.41) is 11.1. The van der Waals surface area contributed by atoms with E-state index < -0.39 is 0 Å². The lowest BCUT2D eigenvalue weighted by Gasteiger charge is -2.50. The van der Waals surface area contributed by atoms with E-state index >= 15 is 0 Å². The molecule has 2 aromatic rings. The summed E-state index contributed by atoms with van der Waals surface area (Å²) in [6.07, 6.45) is 3.62. The predicted molar refractivity (Wildman–Crippen MR) is 93.5 cm³/mol. The van der Waals surface area contributed by atoms with Crippen LogP contribution in [0.3, 0.4) is 0 Å². The lowest BCUT2D eigenvalue weighted by Crippen LogP contribution is -2.64. The normalized spacial score (nSPS) is 21.8. The number of rotatable bonds is 6. The molecule has 1 amide bonds. The molecule has 2 aliphatic heterocycles. The van der Waals surface area contributed by atoms with Crippen molar-refractivity contribution in [3.63, 3.8) is 0 Å². The molecule has 2 fully saturated rings. The smallest absolute Gasteiger partial charge is 0.269 e. The SMILES string of the molecule is Cc1cc(CN2CC3(C2)OCC[C@@H]3CCNC(=O)c2ccnn2C)no1. The van der Waals surface area contributed by atoms with Crippen molar-refractivity contribution >= 4 is 5.91 Å². The minimum Gasteiger partial charge on any atom is -0.372 e. The van der Waals surface area contributed by atoms with Gasteiger partial charge in [0.25, 0.3) is 5.91 Å². The van der Waals surface area contributed by atoms with Gasteiger partial charge >= 0.3 is 0 Å². The molecule has 0 radical (unpaired) electrons. The average Bonchev–Trinajstić information content (AvgIpc) is 3.28. The molecule has 0 saturated carbocycles. The highest BCUT2D eigenvalue weighted by Crippen LogP contribution is 2.41. The van der Waals surface area contributed by atoms with Crippen molar-refractivity contribution in [3.8, 4) is 0 Å². The minimum atomic E-state index is -0.0744. The fourth-order valence-corrected chi connectivity index (χ4v) is 4.13. The van der Waals surface area contributed by atoms with Gasteiger partial charge in [0.15, 0.2) is 0 Å². The van der Waals surface area contributed by atoms with Gasteiger partial charge in [0.2, 0.25) is 0 Å². The molecule has 2 aliphatic rings. The summed E-state index contributed by atoms with van der Waals surface area (Å²) < 4.78 is 12.8. The highest BCUT2D eigenvalue weighted by molar-refractivity contribution is 5.92. The van der Waals surface area contributed by atoms with E-state index in [0.29, 0.717) is 18.2 Å². The number of hydrogen-bond donors (Lipinski definition) is 1. The molecule has 0 aromatic carbocycles.